The number of carbonyl (C=O) groups excluding carboxylic acids is 2. The normalized spacial score (nSPS) is 12.2. The molecular formula is C17H23N5O2. The van der Waals surface area contributed by atoms with Crippen LogP contribution in [0.25, 0.3) is 5.69 Å². The minimum absolute atomic E-state index is 0.0501. The average molecular weight is 329 g/mol. The number of nitrogens with two attached hydrogens (primary N) is 1. The zero-order valence-electron chi connectivity index (χ0n) is 14.2. The van der Waals surface area contributed by atoms with Gasteiger partial charge in [0.2, 0.25) is 5.91 Å². The molecule has 0 unspecified atom stereocenters. The smallest absolute Gasteiger partial charge is 0.270 e. The summed E-state index contributed by atoms with van der Waals surface area (Å²) in [5, 5.41) is 10.6. The molecule has 1 atom stereocenters. The lowest BCUT2D eigenvalue weighted by molar-refractivity contribution is -0.125. The van der Waals surface area contributed by atoms with Crippen molar-refractivity contribution in [2.75, 3.05) is 0 Å². The van der Waals surface area contributed by atoms with E-state index in [1.807, 2.05) is 45.0 Å². The summed E-state index contributed by atoms with van der Waals surface area (Å²) < 4.78 is 1.48. The third-order valence-corrected chi connectivity index (χ3v) is 4.12. The fourth-order valence-corrected chi connectivity index (χ4v) is 2.49. The number of amides is 2. The predicted molar refractivity (Wildman–Crippen MR) is 90.5 cm³/mol. The summed E-state index contributed by atoms with van der Waals surface area (Å²) in [6, 6.07) is 7.46. The first-order chi connectivity index (χ1) is 11.5. The summed E-state index contributed by atoms with van der Waals surface area (Å²) in [4.78, 5) is 23.2. The van der Waals surface area contributed by atoms with Crippen LogP contribution in [0.5, 0.6) is 0 Å². The quantitative estimate of drug-likeness (QED) is 0.810. The molecule has 2 aromatic rings. The maximum Gasteiger partial charge on any atom is 0.270 e. The van der Waals surface area contributed by atoms with E-state index in [4.69, 9.17) is 5.73 Å². The SMILES string of the molecule is CCC(CC)C(=O)N[C@H](C)c1ccc(-n2cc(C(N)=O)nn2)cc1. The van der Waals surface area contributed by atoms with Gasteiger partial charge >= 0.3 is 0 Å². The van der Waals surface area contributed by atoms with Crippen LogP contribution >= 0.6 is 0 Å². The number of nitrogens with zero attached hydrogens (tertiary/aromatic N) is 3. The lowest BCUT2D eigenvalue weighted by Gasteiger charge is -2.18. The van der Waals surface area contributed by atoms with E-state index in [9.17, 15) is 9.59 Å². The molecule has 128 valence electrons. The van der Waals surface area contributed by atoms with Crippen LogP contribution in [0.15, 0.2) is 30.5 Å². The summed E-state index contributed by atoms with van der Waals surface area (Å²) >= 11 is 0. The molecule has 0 saturated carbocycles. The Morgan fingerprint density at radius 3 is 2.33 bits per heavy atom. The molecule has 0 aliphatic rings. The molecule has 0 radical (unpaired) electrons. The van der Waals surface area contributed by atoms with Gasteiger partial charge in [0.15, 0.2) is 5.69 Å². The Kier molecular flexibility index (Phi) is 5.68. The van der Waals surface area contributed by atoms with Gasteiger partial charge in [0.05, 0.1) is 17.9 Å². The van der Waals surface area contributed by atoms with Crippen molar-refractivity contribution >= 4 is 11.8 Å². The summed E-state index contributed by atoms with van der Waals surface area (Å²) in [5.74, 6) is -0.483. The Morgan fingerprint density at radius 2 is 1.83 bits per heavy atom. The van der Waals surface area contributed by atoms with Gasteiger partial charge in [-0.15, -0.1) is 5.10 Å². The molecule has 0 bridgehead atoms. The van der Waals surface area contributed by atoms with Crippen molar-refractivity contribution in [2.24, 2.45) is 11.7 Å². The second kappa shape index (κ2) is 7.72. The molecule has 7 heteroatoms. The van der Waals surface area contributed by atoms with Gasteiger partial charge in [-0.1, -0.05) is 31.2 Å². The molecule has 3 N–H and O–H groups in total. The highest BCUT2D eigenvalue weighted by molar-refractivity contribution is 5.90. The molecule has 0 fully saturated rings. The Morgan fingerprint density at radius 1 is 1.21 bits per heavy atom. The van der Waals surface area contributed by atoms with Crippen LogP contribution in [0.1, 0.15) is 55.7 Å². The predicted octanol–water partition coefficient (Wildman–Crippen LogP) is 1.98. The largest absolute Gasteiger partial charge is 0.364 e. The van der Waals surface area contributed by atoms with Gasteiger partial charge in [-0.05, 0) is 37.5 Å². The van der Waals surface area contributed by atoms with E-state index in [1.54, 1.807) is 0 Å². The first-order valence-corrected chi connectivity index (χ1v) is 8.09. The molecule has 24 heavy (non-hydrogen) atoms. The number of hydrogen-bond acceptors (Lipinski definition) is 4. The van der Waals surface area contributed by atoms with Gasteiger partial charge in [0.1, 0.15) is 0 Å². The molecule has 0 aliphatic carbocycles. The van der Waals surface area contributed by atoms with Gasteiger partial charge in [-0.2, -0.15) is 0 Å². The monoisotopic (exact) mass is 329 g/mol. The van der Waals surface area contributed by atoms with Crippen LogP contribution in [-0.2, 0) is 4.79 Å². The zero-order valence-corrected chi connectivity index (χ0v) is 14.2. The molecule has 1 heterocycles. The fourth-order valence-electron chi connectivity index (χ4n) is 2.49. The molecular weight excluding hydrogens is 306 g/mol. The number of hydrogen-bond donors (Lipinski definition) is 2. The average Bonchev–Trinajstić information content (AvgIpc) is 3.06. The first kappa shape index (κ1) is 17.7. The maximum atomic E-state index is 12.2. The highest BCUT2D eigenvalue weighted by Gasteiger charge is 2.17. The second-order valence-corrected chi connectivity index (χ2v) is 5.75. The van der Waals surface area contributed by atoms with Crippen molar-refractivity contribution in [3.05, 3.63) is 41.7 Å². The third-order valence-electron chi connectivity index (χ3n) is 4.12. The van der Waals surface area contributed by atoms with Crippen molar-refractivity contribution in [2.45, 2.75) is 39.7 Å². The van der Waals surface area contributed by atoms with Crippen molar-refractivity contribution in [3.8, 4) is 5.69 Å². The van der Waals surface area contributed by atoms with E-state index in [2.05, 4.69) is 15.6 Å². The Labute approximate surface area is 141 Å². The minimum atomic E-state index is -0.615. The molecule has 7 nitrogen and oxygen atoms in total. The van der Waals surface area contributed by atoms with Crippen LogP contribution in [0.4, 0.5) is 0 Å². The van der Waals surface area contributed by atoms with Gasteiger partial charge in [0.25, 0.3) is 5.91 Å². The van der Waals surface area contributed by atoms with Gasteiger partial charge in [-0.3, -0.25) is 9.59 Å². The van der Waals surface area contributed by atoms with Crippen molar-refractivity contribution in [1.29, 1.82) is 0 Å². The number of aromatic nitrogens is 3. The van der Waals surface area contributed by atoms with E-state index in [1.165, 1.54) is 10.9 Å². The summed E-state index contributed by atoms with van der Waals surface area (Å²) in [6.45, 7) is 5.99. The molecule has 0 aliphatic heterocycles. The molecule has 1 aromatic heterocycles. The van der Waals surface area contributed by atoms with Crippen LogP contribution in [0, 0.1) is 5.92 Å². The van der Waals surface area contributed by atoms with E-state index >= 15 is 0 Å². The molecule has 0 spiro atoms. The molecule has 1 aromatic carbocycles. The van der Waals surface area contributed by atoms with E-state index in [-0.39, 0.29) is 23.6 Å². The number of rotatable bonds is 7. The number of nitrogens with one attached hydrogen (secondary N) is 1. The van der Waals surface area contributed by atoms with E-state index in [0.29, 0.717) is 0 Å². The Hall–Kier alpha value is -2.70. The highest BCUT2D eigenvalue weighted by atomic mass is 16.2. The molecule has 2 rings (SSSR count). The minimum Gasteiger partial charge on any atom is -0.364 e. The topological polar surface area (TPSA) is 103 Å². The number of carbonyl (C=O) groups is 2. The Bertz CT molecular complexity index is 704. The van der Waals surface area contributed by atoms with Crippen molar-refractivity contribution in [3.63, 3.8) is 0 Å². The lowest BCUT2D eigenvalue weighted by atomic mass is 10.0. The van der Waals surface area contributed by atoms with Gasteiger partial charge in [-0.25, -0.2) is 4.68 Å². The van der Waals surface area contributed by atoms with Crippen LogP contribution < -0.4 is 11.1 Å². The van der Waals surface area contributed by atoms with Crippen LogP contribution in [-0.4, -0.2) is 26.8 Å². The zero-order chi connectivity index (χ0) is 17.7. The maximum absolute atomic E-state index is 12.2. The second-order valence-electron chi connectivity index (χ2n) is 5.75. The Balaban J connectivity index is 2.08. The lowest BCUT2D eigenvalue weighted by Crippen LogP contribution is -2.32. The van der Waals surface area contributed by atoms with Gasteiger partial charge in [0, 0.05) is 5.92 Å². The van der Waals surface area contributed by atoms with Crippen LogP contribution in [0.2, 0.25) is 0 Å². The number of primary amides is 1. The molecule has 0 saturated heterocycles. The fraction of sp³-hybridized carbons (Fsp3) is 0.412. The first-order valence-electron chi connectivity index (χ1n) is 8.09. The third kappa shape index (κ3) is 3.98. The molecule has 2 amide bonds. The number of benzene rings is 1. The summed E-state index contributed by atoms with van der Waals surface area (Å²) in [5.41, 5.74) is 7.04. The van der Waals surface area contributed by atoms with Crippen molar-refractivity contribution < 1.29 is 9.59 Å². The highest BCUT2D eigenvalue weighted by Crippen LogP contribution is 2.17. The van der Waals surface area contributed by atoms with Crippen molar-refractivity contribution in [1.82, 2.24) is 20.3 Å². The van der Waals surface area contributed by atoms with Crippen LogP contribution in [0.3, 0.4) is 0 Å². The van der Waals surface area contributed by atoms with E-state index in [0.717, 1.165) is 24.1 Å². The standard InChI is InChI=1S/C17H23N5O2/c1-4-12(5-2)17(24)19-11(3)13-6-8-14(9-7-13)22-10-15(16(18)23)20-21-22/h6-12H,4-5H2,1-3H3,(H2,18,23)(H,19,24)/t11-/m1/s1. The van der Waals surface area contributed by atoms with E-state index < -0.39 is 5.91 Å². The summed E-state index contributed by atoms with van der Waals surface area (Å²) in [7, 11) is 0. The van der Waals surface area contributed by atoms with Gasteiger partial charge < -0.3 is 11.1 Å². The summed E-state index contributed by atoms with van der Waals surface area (Å²) in [6.07, 6.45) is 3.15.